The van der Waals surface area contributed by atoms with Gasteiger partial charge in [0, 0.05) is 32.1 Å². The Bertz CT molecular complexity index is 492. The van der Waals surface area contributed by atoms with Gasteiger partial charge >= 0.3 is 5.69 Å². The minimum atomic E-state index is -0.200. The second-order valence-electron chi connectivity index (χ2n) is 6.16. The number of nitrogens with one attached hydrogen (secondary N) is 2. The van der Waals surface area contributed by atoms with Gasteiger partial charge in [-0.15, -0.1) is 0 Å². The molecule has 0 aliphatic carbocycles. The van der Waals surface area contributed by atoms with Gasteiger partial charge in [-0.3, -0.25) is 9.88 Å². The van der Waals surface area contributed by atoms with E-state index in [4.69, 9.17) is 4.74 Å². The van der Waals surface area contributed by atoms with Crippen LogP contribution in [-0.4, -0.2) is 77.0 Å². The molecule has 0 saturated carbocycles. The van der Waals surface area contributed by atoms with Gasteiger partial charge in [-0.25, -0.2) is 9.89 Å². The molecular formula is C14H25N5O2. The summed E-state index contributed by atoms with van der Waals surface area (Å²) in [5.41, 5.74) is -0.200. The van der Waals surface area contributed by atoms with Crippen molar-refractivity contribution in [2.75, 3.05) is 45.9 Å². The zero-order valence-corrected chi connectivity index (χ0v) is 12.7. The molecule has 3 heterocycles. The summed E-state index contributed by atoms with van der Waals surface area (Å²) in [5, 5.41) is 6.51. The monoisotopic (exact) mass is 295 g/mol. The van der Waals surface area contributed by atoms with Gasteiger partial charge < -0.3 is 9.64 Å². The van der Waals surface area contributed by atoms with Crippen LogP contribution in [0.15, 0.2) is 4.79 Å². The predicted octanol–water partition coefficient (Wildman–Crippen LogP) is -0.00190. The largest absolute Gasteiger partial charge is 0.376 e. The van der Waals surface area contributed by atoms with Crippen LogP contribution in [0.2, 0.25) is 0 Å². The van der Waals surface area contributed by atoms with Crippen molar-refractivity contribution in [3.63, 3.8) is 0 Å². The second kappa shape index (κ2) is 6.72. The smallest absolute Gasteiger partial charge is 0.340 e. The minimum absolute atomic E-state index is 0.200. The number of hydrogen-bond acceptors (Lipinski definition) is 5. The van der Waals surface area contributed by atoms with E-state index in [0.29, 0.717) is 12.0 Å². The molecule has 7 heteroatoms. The summed E-state index contributed by atoms with van der Waals surface area (Å²) in [6, 6.07) is 0. The molecule has 0 radical (unpaired) electrons. The van der Waals surface area contributed by atoms with Crippen LogP contribution in [0.25, 0.3) is 0 Å². The maximum Gasteiger partial charge on any atom is 0.340 e. The van der Waals surface area contributed by atoms with Crippen molar-refractivity contribution < 1.29 is 4.74 Å². The Morgan fingerprint density at radius 3 is 2.67 bits per heavy atom. The van der Waals surface area contributed by atoms with Gasteiger partial charge in [0.1, 0.15) is 5.82 Å². The van der Waals surface area contributed by atoms with E-state index >= 15 is 0 Å². The lowest BCUT2D eigenvalue weighted by atomic mass is 9.96. The molecule has 7 nitrogen and oxygen atoms in total. The molecule has 0 bridgehead atoms. The number of nitrogens with zero attached hydrogens (tertiary/aromatic N) is 3. The summed E-state index contributed by atoms with van der Waals surface area (Å²) >= 11 is 0. The van der Waals surface area contributed by atoms with Crippen molar-refractivity contribution in [3.05, 3.63) is 16.3 Å². The molecule has 1 unspecified atom stereocenters. The van der Waals surface area contributed by atoms with E-state index in [0.717, 1.165) is 64.5 Å². The molecule has 2 aliphatic heterocycles. The third-order valence-electron chi connectivity index (χ3n) is 4.55. The number of hydrogen-bond donors (Lipinski definition) is 2. The van der Waals surface area contributed by atoms with Crippen LogP contribution in [0.3, 0.4) is 0 Å². The summed E-state index contributed by atoms with van der Waals surface area (Å²) in [6.07, 6.45) is 2.50. The normalized spacial score (nSPS) is 26.2. The van der Waals surface area contributed by atoms with Gasteiger partial charge in [-0.2, -0.15) is 5.10 Å². The lowest BCUT2D eigenvalue weighted by molar-refractivity contribution is -0.0211. The van der Waals surface area contributed by atoms with Crippen LogP contribution in [0, 0.1) is 0 Å². The fourth-order valence-electron chi connectivity index (χ4n) is 3.28. The minimum Gasteiger partial charge on any atom is -0.376 e. The first-order valence-electron chi connectivity index (χ1n) is 7.91. The lowest BCUT2D eigenvalue weighted by Crippen LogP contribution is -2.45. The number of morpholine rings is 1. The Morgan fingerprint density at radius 2 is 2.00 bits per heavy atom. The quantitative estimate of drug-likeness (QED) is 0.817. The molecule has 2 saturated heterocycles. The summed E-state index contributed by atoms with van der Waals surface area (Å²) in [5.74, 6) is 1.21. The lowest BCUT2D eigenvalue weighted by Gasteiger charge is -2.35. The van der Waals surface area contributed by atoms with Crippen LogP contribution in [0.5, 0.6) is 0 Å². The number of H-pyrrole nitrogens is 2. The molecule has 0 amide bonds. The zero-order chi connectivity index (χ0) is 14.7. The fourth-order valence-corrected chi connectivity index (χ4v) is 3.28. The summed E-state index contributed by atoms with van der Waals surface area (Å²) in [6.45, 7) is 9.51. The topological polar surface area (TPSA) is 77.2 Å². The Morgan fingerprint density at radius 1 is 1.24 bits per heavy atom. The molecule has 118 valence electrons. The van der Waals surface area contributed by atoms with Crippen LogP contribution in [0.4, 0.5) is 0 Å². The molecule has 21 heavy (non-hydrogen) atoms. The maximum atomic E-state index is 11.1. The number of likely N-dealkylation sites (tertiary alicyclic amines) is 1. The van der Waals surface area contributed by atoms with Gasteiger partial charge in [0.05, 0.1) is 12.7 Å². The van der Waals surface area contributed by atoms with E-state index in [1.54, 1.807) is 0 Å². The number of aromatic nitrogens is 3. The van der Waals surface area contributed by atoms with Crippen molar-refractivity contribution in [1.29, 1.82) is 0 Å². The highest BCUT2D eigenvalue weighted by Gasteiger charge is 2.24. The molecular weight excluding hydrogens is 270 g/mol. The SMILES string of the molecule is CC1CN(CCN2CCC(c3n[nH]c(=O)[nH]3)CC2)CCO1. The van der Waals surface area contributed by atoms with Crippen molar-refractivity contribution in [2.24, 2.45) is 0 Å². The molecule has 1 aromatic rings. The summed E-state index contributed by atoms with van der Waals surface area (Å²) in [7, 11) is 0. The molecule has 0 aromatic carbocycles. The van der Waals surface area contributed by atoms with Crippen LogP contribution in [0.1, 0.15) is 31.5 Å². The first-order chi connectivity index (χ1) is 10.2. The highest BCUT2D eigenvalue weighted by atomic mass is 16.5. The number of aromatic amines is 2. The predicted molar refractivity (Wildman–Crippen MR) is 79.5 cm³/mol. The molecule has 3 rings (SSSR count). The molecule has 1 atom stereocenters. The maximum absolute atomic E-state index is 11.1. The van der Waals surface area contributed by atoms with Crippen LogP contribution < -0.4 is 5.69 Å². The number of ether oxygens (including phenoxy) is 1. The summed E-state index contributed by atoms with van der Waals surface area (Å²) in [4.78, 5) is 18.9. The van der Waals surface area contributed by atoms with E-state index in [-0.39, 0.29) is 5.69 Å². The standard InChI is InChI=1S/C14H25N5O2/c1-11-10-19(8-9-21-11)7-6-18-4-2-12(3-5-18)13-15-14(20)17-16-13/h11-12H,2-10H2,1H3,(H2,15,16,17,20). The van der Waals surface area contributed by atoms with E-state index in [1.165, 1.54) is 0 Å². The van der Waals surface area contributed by atoms with Crippen molar-refractivity contribution >= 4 is 0 Å². The van der Waals surface area contributed by atoms with Gasteiger partial charge in [-0.1, -0.05) is 0 Å². The highest BCUT2D eigenvalue weighted by Crippen LogP contribution is 2.24. The first kappa shape index (κ1) is 14.7. The number of rotatable bonds is 4. The van der Waals surface area contributed by atoms with Gasteiger partial charge in [0.2, 0.25) is 0 Å². The average Bonchev–Trinajstić information content (AvgIpc) is 2.92. The number of piperidine rings is 1. The molecule has 0 spiro atoms. The third-order valence-corrected chi connectivity index (χ3v) is 4.55. The van der Waals surface area contributed by atoms with Crippen molar-refractivity contribution in [2.45, 2.75) is 31.8 Å². The van der Waals surface area contributed by atoms with E-state index in [1.807, 2.05) is 0 Å². The van der Waals surface area contributed by atoms with E-state index in [2.05, 4.69) is 31.9 Å². The zero-order valence-electron chi connectivity index (χ0n) is 12.7. The van der Waals surface area contributed by atoms with Crippen LogP contribution >= 0.6 is 0 Å². The Labute approximate surface area is 124 Å². The average molecular weight is 295 g/mol. The highest BCUT2D eigenvalue weighted by molar-refractivity contribution is 4.96. The Kier molecular flexibility index (Phi) is 4.72. The molecule has 1 aromatic heterocycles. The van der Waals surface area contributed by atoms with Gasteiger partial charge in [0.15, 0.2) is 0 Å². The van der Waals surface area contributed by atoms with Crippen molar-refractivity contribution in [3.8, 4) is 0 Å². The molecule has 2 fully saturated rings. The van der Waals surface area contributed by atoms with Gasteiger partial charge in [0.25, 0.3) is 0 Å². The Balaban J connectivity index is 1.40. The van der Waals surface area contributed by atoms with Crippen molar-refractivity contribution in [1.82, 2.24) is 25.0 Å². The summed E-state index contributed by atoms with van der Waals surface area (Å²) < 4.78 is 5.57. The molecule has 2 aliphatic rings. The third kappa shape index (κ3) is 3.93. The van der Waals surface area contributed by atoms with Gasteiger partial charge in [-0.05, 0) is 32.9 Å². The Hall–Kier alpha value is -1.18. The van der Waals surface area contributed by atoms with E-state index in [9.17, 15) is 4.79 Å². The second-order valence-corrected chi connectivity index (χ2v) is 6.16. The van der Waals surface area contributed by atoms with E-state index < -0.39 is 0 Å². The first-order valence-corrected chi connectivity index (χ1v) is 7.91. The fraction of sp³-hybridized carbons (Fsp3) is 0.857. The molecule has 2 N–H and O–H groups in total. The van der Waals surface area contributed by atoms with Crippen LogP contribution in [-0.2, 0) is 4.74 Å².